The lowest BCUT2D eigenvalue weighted by atomic mass is 10.1. The van der Waals surface area contributed by atoms with Crippen molar-refractivity contribution in [3.63, 3.8) is 0 Å². The highest BCUT2D eigenvalue weighted by molar-refractivity contribution is 6.08. The highest BCUT2D eigenvalue weighted by Gasteiger charge is 2.21. The molecular formula is C19H22N4O3. The second kappa shape index (κ2) is 7.97. The van der Waals surface area contributed by atoms with E-state index in [4.69, 9.17) is 4.74 Å². The van der Waals surface area contributed by atoms with Crippen molar-refractivity contribution in [1.29, 1.82) is 0 Å². The molecule has 1 fully saturated rings. The fourth-order valence-corrected chi connectivity index (χ4v) is 2.82. The van der Waals surface area contributed by atoms with Crippen LogP contribution < -0.4 is 15.5 Å². The molecular weight excluding hydrogens is 332 g/mol. The second-order valence-electron chi connectivity index (χ2n) is 6.04. The zero-order chi connectivity index (χ0) is 18.5. The van der Waals surface area contributed by atoms with Crippen LogP contribution in [0.5, 0.6) is 0 Å². The summed E-state index contributed by atoms with van der Waals surface area (Å²) in [5.41, 5.74) is 2.40. The molecule has 7 nitrogen and oxygen atoms in total. The summed E-state index contributed by atoms with van der Waals surface area (Å²) in [7, 11) is 1.57. The molecule has 1 aromatic carbocycles. The molecule has 2 N–H and O–H groups in total. The summed E-state index contributed by atoms with van der Waals surface area (Å²) in [6.07, 6.45) is 0. The number of aromatic nitrogens is 1. The summed E-state index contributed by atoms with van der Waals surface area (Å²) in [5.74, 6) is 0.202. The van der Waals surface area contributed by atoms with Gasteiger partial charge in [-0.1, -0.05) is 6.07 Å². The third-order valence-electron chi connectivity index (χ3n) is 4.18. The summed E-state index contributed by atoms with van der Waals surface area (Å²) in [6, 6.07) is 10.4. The van der Waals surface area contributed by atoms with Crippen LogP contribution in [0.1, 0.15) is 26.4 Å². The zero-order valence-electron chi connectivity index (χ0n) is 14.9. The van der Waals surface area contributed by atoms with Crippen molar-refractivity contribution in [2.75, 3.05) is 43.6 Å². The fraction of sp³-hybridized carbons (Fsp3) is 0.316. The van der Waals surface area contributed by atoms with Gasteiger partial charge in [0.15, 0.2) is 0 Å². The molecule has 3 rings (SSSR count). The summed E-state index contributed by atoms with van der Waals surface area (Å²) in [5, 5.41) is 5.43. The maximum atomic E-state index is 12.8. The molecule has 2 heterocycles. The standard InChI is InChI=1S/C19H22N4O3/c1-13-6-7-16(17(21-13)23-8-10-26-11-9-23)19(25)22-15-5-3-4-14(12-15)18(24)20-2/h3-7,12H,8-11H2,1-2H3,(H,20,24)(H,22,25). The Morgan fingerprint density at radius 3 is 2.62 bits per heavy atom. The molecule has 0 spiro atoms. The lowest BCUT2D eigenvalue weighted by Crippen LogP contribution is -2.38. The van der Waals surface area contributed by atoms with Crippen molar-refractivity contribution in [2.24, 2.45) is 0 Å². The van der Waals surface area contributed by atoms with E-state index in [9.17, 15) is 9.59 Å². The number of carbonyl (C=O) groups excluding carboxylic acids is 2. The number of amides is 2. The van der Waals surface area contributed by atoms with Crippen molar-refractivity contribution < 1.29 is 14.3 Å². The van der Waals surface area contributed by atoms with Crippen molar-refractivity contribution in [2.45, 2.75) is 6.92 Å². The van der Waals surface area contributed by atoms with E-state index in [-0.39, 0.29) is 11.8 Å². The van der Waals surface area contributed by atoms with Crippen LogP contribution in [0.25, 0.3) is 0 Å². The Morgan fingerprint density at radius 2 is 1.88 bits per heavy atom. The van der Waals surface area contributed by atoms with Crippen LogP contribution >= 0.6 is 0 Å². The predicted octanol–water partition coefficient (Wildman–Crippen LogP) is 1.84. The number of carbonyl (C=O) groups is 2. The number of anilines is 2. The molecule has 0 unspecified atom stereocenters. The lowest BCUT2D eigenvalue weighted by molar-refractivity contribution is 0.0961. The third kappa shape index (κ3) is 4.00. The number of hydrogen-bond donors (Lipinski definition) is 2. The number of ether oxygens (including phenoxy) is 1. The minimum Gasteiger partial charge on any atom is -0.378 e. The first-order valence-electron chi connectivity index (χ1n) is 8.52. The summed E-state index contributed by atoms with van der Waals surface area (Å²) in [4.78, 5) is 31.2. The predicted molar refractivity (Wildman–Crippen MR) is 99.8 cm³/mol. The van der Waals surface area contributed by atoms with Crippen LogP contribution in [-0.4, -0.2) is 50.1 Å². The molecule has 0 bridgehead atoms. The first-order valence-corrected chi connectivity index (χ1v) is 8.52. The van der Waals surface area contributed by atoms with Gasteiger partial charge < -0.3 is 20.3 Å². The molecule has 2 amide bonds. The number of nitrogens with one attached hydrogen (secondary N) is 2. The van der Waals surface area contributed by atoms with Gasteiger partial charge in [-0.15, -0.1) is 0 Å². The van der Waals surface area contributed by atoms with E-state index in [0.29, 0.717) is 48.9 Å². The van der Waals surface area contributed by atoms with Crippen LogP contribution in [0.3, 0.4) is 0 Å². The summed E-state index contributed by atoms with van der Waals surface area (Å²) >= 11 is 0. The van der Waals surface area contributed by atoms with Crippen molar-refractivity contribution in [1.82, 2.24) is 10.3 Å². The van der Waals surface area contributed by atoms with Crippen LogP contribution in [0.15, 0.2) is 36.4 Å². The van der Waals surface area contributed by atoms with E-state index in [2.05, 4.69) is 20.5 Å². The van der Waals surface area contributed by atoms with E-state index >= 15 is 0 Å². The van der Waals surface area contributed by atoms with E-state index in [1.54, 1.807) is 37.4 Å². The summed E-state index contributed by atoms with van der Waals surface area (Å²) in [6.45, 7) is 4.53. The van der Waals surface area contributed by atoms with Gasteiger partial charge in [-0.3, -0.25) is 9.59 Å². The van der Waals surface area contributed by atoms with Crippen molar-refractivity contribution in [3.8, 4) is 0 Å². The molecule has 0 atom stereocenters. The molecule has 26 heavy (non-hydrogen) atoms. The van der Waals surface area contributed by atoms with E-state index in [1.165, 1.54) is 0 Å². The SMILES string of the molecule is CNC(=O)c1cccc(NC(=O)c2ccc(C)nc2N2CCOCC2)c1. The topological polar surface area (TPSA) is 83.6 Å². The largest absolute Gasteiger partial charge is 0.378 e. The fourth-order valence-electron chi connectivity index (χ4n) is 2.82. The molecule has 1 aliphatic rings. The van der Waals surface area contributed by atoms with Gasteiger partial charge in [0, 0.05) is 37.1 Å². The van der Waals surface area contributed by atoms with Gasteiger partial charge in [-0.25, -0.2) is 4.98 Å². The Kier molecular flexibility index (Phi) is 5.48. The number of morpholine rings is 1. The Hall–Kier alpha value is -2.93. The molecule has 1 aromatic heterocycles. The first kappa shape index (κ1) is 17.9. The molecule has 0 radical (unpaired) electrons. The molecule has 2 aromatic rings. The Labute approximate surface area is 152 Å². The first-order chi connectivity index (χ1) is 12.6. The van der Waals surface area contributed by atoms with Gasteiger partial charge in [-0.05, 0) is 37.3 Å². The van der Waals surface area contributed by atoms with E-state index in [1.807, 2.05) is 13.0 Å². The van der Waals surface area contributed by atoms with Gasteiger partial charge in [-0.2, -0.15) is 0 Å². The number of aryl methyl sites for hydroxylation is 1. The summed E-state index contributed by atoms with van der Waals surface area (Å²) < 4.78 is 5.39. The maximum absolute atomic E-state index is 12.8. The van der Waals surface area contributed by atoms with Gasteiger partial charge in [0.25, 0.3) is 11.8 Å². The molecule has 1 saturated heterocycles. The number of benzene rings is 1. The van der Waals surface area contributed by atoms with Crippen LogP contribution in [0, 0.1) is 6.92 Å². The molecule has 136 valence electrons. The smallest absolute Gasteiger partial charge is 0.259 e. The molecule has 0 saturated carbocycles. The Bertz CT molecular complexity index is 816. The Morgan fingerprint density at radius 1 is 1.12 bits per heavy atom. The molecule has 7 heteroatoms. The van der Waals surface area contributed by atoms with Crippen molar-refractivity contribution in [3.05, 3.63) is 53.2 Å². The normalized spacial score (nSPS) is 14.0. The van der Waals surface area contributed by atoms with Gasteiger partial charge in [0.05, 0.1) is 18.8 Å². The van der Waals surface area contributed by atoms with Crippen LogP contribution in [-0.2, 0) is 4.74 Å². The number of hydrogen-bond acceptors (Lipinski definition) is 5. The van der Waals surface area contributed by atoms with Crippen LogP contribution in [0.4, 0.5) is 11.5 Å². The Balaban J connectivity index is 1.85. The van der Waals surface area contributed by atoms with Gasteiger partial charge in [0.1, 0.15) is 5.82 Å². The van der Waals surface area contributed by atoms with E-state index < -0.39 is 0 Å². The average Bonchev–Trinajstić information content (AvgIpc) is 2.68. The van der Waals surface area contributed by atoms with Gasteiger partial charge in [0.2, 0.25) is 0 Å². The third-order valence-corrected chi connectivity index (χ3v) is 4.18. The number of rotatable bonds is 4. The average molecular weight is 354 g/mol. The number of pyridine rings is 1. The minimum atomic E-state index is -0.256. The second-order valence-corrected chi connectivity index (χ2v) is 6.04. The monoisotopic (exact) mass is 354 g/mol. The number of nitrogens with zero attached hydrogens (tertiary/aromatic N) is 2. The highest BCUT2D eigenvalue weighted by Crippen LogP contribution is 2.21. The maximum Gasteiger partial charge on any atom is 0.259 e. The highest BCUT2D eigenvalue weighted by atomic mass is 16.5. The molecule has 0 aliphatic carbocycles. The minimum absolute atomic E-state index is 0.202. The quantitative estimate of drug-likeness (QED) is 0.875. The van der Waals surface area contributed by atoms with Gasteiger partial charge >= 0.3 is 0 Å². The molecule has 1 aliphatic heterocycles. The van der Waals surface area contributed by atoms with Crippen LogP contribution in [0.2, 0.25) is 0 Å². The van der Waals surface area contributed by atoms with Crippen molar-refractivity contribution >= 4 is 23.3 Å². The lowest BCUT2D eigenvalue weighted by Gasteiger charge is -2.29. The van der Waals surface area contributed by atoms with E-state index in [0.717, 1.165) is 5.69 Å². The zero-order valence-corrected chi connectivity index (χ0v) is 14.9.